The normalized spacial score (nSPS) is 18.0. The number of benzene rings is 1. The number of pyridine rings is 1. The zero-order valence-corrected chi connectivity index (χ0v) is 12.5. The van der Waals surface area contributed by atoms with Crippen LogP contribution in [0.5, 0.6) is 0 Å². The van der Waals surface area contributed by atoms with E-state index in [4.69, 9.17) is 0 Å². The number of carbonyl (C=O) groups is 1. The Bertz CT molecular complexity index is 693. The first kappa shape index (κ1) is 15.6. The maximum absolute atomic E-state index is 13.8. The lowest BCUT2D eigenvalue weighted by Crippen LogP contribution is -2.49. The fourth-order valence-corrected chi connectivity index (χ4v) is 2.82. The van der Waals surface area contributed by atoms with Crippen molar-refractivity contribution in [3.63, 3.8) is 0 Å². The van der Waals surface area contributed by atoms with Crippen molar-refractivity contribution in [2.24, 2.45) is 0 Å². The van der Waals surface area contributed by atoms with Gasteiger partial charge in [0.2, 0.25) is 5.91 Å². The molecule has 6 heteroatoms. The second kappa shape index (κ2) is 6.83. The summed E-state index contributed by atoms with van der Waals surface area (Å²) in [5.41, 5.74) is 1.01. The number of nitrogens with one attached hydrogen (secondary N) is 1. The lowest BCUT2D eigenvalue weighted by Gasteiger charge is -2.36. The molecule has 0 aliphatic carbocycles. The van der Waals surface area contributed by atoms with Crippen LogP contribution in [0.2, 0.25) is 0 Å². The molecule has 1 N–H and O–H groups in total. The molecule has 1 amide bonds. The van der Waals surface area contributed by atoms with E-state index in [-0.39, 0.29) is 23.9 Å². The molecule has 1 atom stereocenters. The molecule has 2 aromatic rings. The van der Waals surface area contributed by atoms with Crippen LogP contribution in [-0.2, 0) is 11.2 Å². The van der Waals surface area contributed by atoms with Gasteiger partial charge in [0.1, 0.15) is 0 Å². The Hall–Kier alpha value is -2.34. The van der Waals surface area contributed by atoms with E-state index in [0.29, 0.717) is 19.6 Å². The van der Waals surface area contributed by atoms with Crippen molar-refractivity contribution < 1.29 is 13.6 Å². The minimum absolute atomic E-state index is 0.0819. The van der Waals surface area contributed by atoms with E-state index in [2.05, 4.69) is 10.3 Å². The van der Waals surface area contributed by atoms with Crippen LogP contribution in [0, 0.1) is 11.6 Å². The third-order valence-electron chi connectivity index (χ3n) is 4.01. The molecule has 0 bridgehead atoms. The molecule has 2 heterocycles. The Morgan fingerprint density at radius 3 is 2.96 bits per heavy atom. The summed E-state index contributed by atoms with van der Waals surface area (Å²) in [6, 6.07) is 7.48. The second-order valence-electron chi connectivity index (χ2n) is 5.48. The van der Waals surface area contributed by atoms with Gasteiger partial charge in [0.05, 0.1) is 12.5 Å². The molecule has 1 aliphatic rings. The SMILES string of the molecule is O=C(Cc1cccc(F)c1F)N1CCNCC1c1cccnc1. The maximum Gasteiger partial charge on any atom is 0.227 e. The van der Waals surface area contributed by atoms with Crippen molar-refractivity contribution in [1.29, 1.82) is 0 Å². The van der Waals surface area contributed by atoms with Crippen LogP contribution in [0.4, 0.5) is 8.78 Å². The summed E-state index contributed by atoms with van der Waals surface area (Å²) < 4.78 is 27.1. The maximum atomic E-state index is 13.8. The van der Waals surface area contributed by atoms with Crippen LogP contribution < -0.4 is 5.32 Å². The van der Waals surface area contributed by atoms with E-state index < -0.39 is 11.6 Å². The molecular formula is C17H17F2N3O. The number of rotatable bonds is 3. The van der Waals surface area contributed by atoms with Gasteiger partial charge < -0.3 is 10.2 Å². The highest BCUT2D eigenvalue weighted by molar-refractivity contribution is 5.79. The summed E-state index contributed by atoms with van der Waals surface area (Å²) in [5, 5.41) is 3.25. The summed E-state index contributed by atoms with van der Waals surface area (Å²) in [4.78, 5) is 18.4. The first-order valence-electron chi connectivity index (χ1n) is 7.50. The predicted molar refractivity (Wildman–Crippen MR) is 81.6 cm³/mol. The Morgan fingerprint density at radius 2 is 2.17 bits per heavy atom. The van der Waals surface area contributed by atoms with E-state index >= 15 is 0 Å². The predicted octanol–water partition coefficient (Wildman–Crippen LogP) is 2.08. The van der Waals surface area contributed by atoms with Gasteiger partial charge in [-0.25, -0.2) is 8.78 Å². The molecular weight excluding hydrogens is 300 g/mol. The van der Waals surface area contributed by atoms with Gasteiger partial charge in [0.15, 0.2) is 11.6 Å². The van der Waals surface area contributed by atoms with Gasteiger partial charge in [-0.05, 0) is 17.7 Å². The van der Waals surface area contributed by atoms with E-state index in [0.717, 1.165) is 11.6 Å². The van der Waals surface area contributed by atoms with Gasteiger partial charge in [-0.15, -0.1) is 0 Å². The number of nitrogens with zero attached hydrogens (tertiary/aromatic N) is 2. The van der Waals surface area contributed by atoms with Gasteiger partial charge in [0, 0.05) is 37.6 Å². The van der Waals surface area contributed by atoms with Gasteiger partial charge in [-0.1, -0.05) is 18.2 Å². The first-order valence-corrected chi connectivity index (χ1v) is 7.50. The Balaban J connectivity index is 1.80. The van der Waals surface area contributed by atoms with Crippen molar-refractivity contribution in [2.75, 3.05) is 19.6 Å². The summed E-state index contributed by atoms with van der Waals surface area (Å²) >= 11 is 0. The molecule has 0 radical (unpaired) electrons. The average molecular weight is 317 g/mol. The smallest absolute Gasteiger partial charge is 0.227 e. The lowest BCUT2D eigenvalue weighted by atomic mass is 10.0. The third kappa shape index (κ3) is 3.37. The molecule has 23 heavy (non-hydrogen) atoms. The number of amides is 1. The highest BCUT2D eigenvalue weighted by atomic mass is 19.2. The van der Waals surface area contributed by atoms with Crippen LogP contribution in [0.25, 0.3) is 0 Å². The van der Waals surface area contributed by atoms with Crippen LogP contribution in [-0.4, -0.2) is 35.4 Å². The van der Waals surface area contributed by atoms with Crippen LogP contribution >= 0.6 is 0 Å². The fraction of sp³-hybridized carbons (Fsp3) is 0.294. The highest BCUT2D eigenvalue weighted by Gasteiger charge is 2.28. The monoisotopic (exact) mass is 317 g/mol. The third-order valence-corrected chi connectivity index (χ3v) is 4.01. The summed E-state index contributed by atoms with van der Waals surface area (Å²) in [5.74, 6) is -2.10. The molecule has 1 saturated heterocycles. The van der Waals surface area contributed by atoms with E-state index in [9.17, 15) is 13.6 Å². The summed E-state index contributed by atoms with van der Waals surface area (Å²) in [6.07, 6.45) is 3.25. The van der Waals surface area contributed by atoms with Gasteiger partial charge >= 0.3 is 0 Å². The lowest BCUT2D eigenvalue weighted by molar-refractivity contribution is -0.133. The fourth-order valence-electron chi connectivity index (χ4n) is 2.82. The average Bonchev–Trinajstić information content (AvgIpc) is 2.60. The largest absolute Gasteiger partial charge is 0.333 e. The van der Waals surface area contributed by atoms with E-state index in [1.807, 2.05) is 12.1 Å². The number of halogens is 2. The van der Waals surface area contributed by atoms with Crippen LogP contribution in [0.15, 0.2) is 42.7 Å². The molecule has 1 fully saturated rings. The second-order valence-corrected chi connectivity index (χ2v) is 5.48. The molecule has 120 valence electrons. The van der Waals surface area contributed by atoms with E-state index in [1.165, 1.54) is 12.1 Å². The van der Waals surface area contributed by atoms with Gasteiger partial charge in [-0.3, -0.25) is 9.78 Å². The number of carbonyl (C=O) groups excluding carboxylic acids is 1. The Kier molecular flexibility index (Phi) is 4.62. The molecule has 3 rings (SSSR count). The molecule has 1 aromatic heterocycles. The van der Waals surface area contributed by atoms with Crippen LogP contribution in [0.3, 0.4) is 0 Å². The standard InChI is InChI=1S/C17H17F2N3O/c18-14-5-1-3-12(17(14)19)9-16(23)22-8-7-21-11-15(22)13-4-2-6-20-10-13/h1-6,10,15,21H,7-9,11H2. The molecule has 0 spiro atoms. The highest BCUT2D eigenvalue weighted by Crippen LogP contribution is 2.23. The topological polar surface area (TPSA) is 45.2 Å². The zero-order chi connectivity index (χ0) is 16.2. The molecule has 1 unspecified atom stereocenters. The van der Waals surface area contributed by atoms with Crippen molar-refractivity contribution in [3.8, 4) is 0 Å². The minimum atomic E-state index is -0.950. The van der Waals surface area contributed by atoms with Gasteiger partial charge in [0.25, 0.3) is 0 Å². The molecule has 4 nitrogen and oxygen atoms in total. The molecule has 1 aromatic carbocycles. The van der Waals surface area contributed by atoms with Crippen molar-refractivity contribution in [1.82, 2.24) is 15.2 Å². The minimum Gasteiger partial charge on any atom is -0.333 e. The first-order chi connectivity index (χ1) is 11.2. The number of aromatic nitrogens is 1. The van der Waals surface area contributed by atoms with Crippen LogP contribution in [0.1, 0.15) is 17.2 Å². The van der Waals surface area contributed by atoms with Gasteiger partial charge in [-0.2, -0.15) is 0 Å². The molecule has 0 saturated carbocycles. The summed E-state index contributed by atoms with van der Waals surface area (Å²) in [6.45, 7) is 1.81. The summed E-state index contributed by atoms with van der Waals surface area (Å²) in [7, 11) is 0. The number of hydrogen-bond donors (Lipinski definition) is 1. The molecule has 1 aliphatic heterocycles. The zero-order valence-electron chi connectivity index (χ0n) is 12.5. The number of hydrogen-bond acceptors (Lipinski definition) is 3. The Morgan fingerprint density at radius 1 is 1.30 bits per heavy atom. The number of piperazine rings is 1. The Labute approximate surface area is 133 Å². The van der Waals surface area contributed by atoms with Crippen molar-refractivity contribution in [2.45, 2.75) is 12.5 Å². The van der Waals surface area contributed by atoms with Crippen molar-refractivity contribution >= 4 is 5.91 Å². The quantitative estimate of drug-likeness (QED) is 0.943. The van der Waals surface area contributed by atoms with Crippen molar-refractivity contribution in [3.05, 3.63) is 65.5 Å². The van der Waals surface area contributed by atoms with E-state index in [1.54, 1.807) is 17.3 Å².